The van der Waals surface area contributed by atoms with E-state index in [0.717, 1.165) is 0 Å². The molecule has 0 saturated carbocycles. The van der Waals surface area contributed by atoms with E-state index in [2.05, 4.69) is 11.2 Å². The van der Waals surface area contributed by atoms with Gasteiger partial charge in [0, 0.05) is 33.4 Å². The number of carbonyl (C=O) groups is 1. The fourth-order valence-electron chi connectivity index (χ4n) is 0.686. The van der Waals surface area contributed by atoms with Gasteiger partial charge in [0.25, 0.3) is 5.91 Å². The highest BCUT2D eigenvalue weighted by Gasteiger charge is 2.09. The second-order valence-corrected chi connectivity index (χ2v) is 2.50. The van der Waals surface area contributed by atoms with Crippen molar-refractivity contribution in [1.82, 2.24) is 14.7 Å². The zero-order valence-corrected chi connectivity index (χ0v) is 6.83. The van der Waals surface area contributed by atoms with E-state index < -0.39 is 0 Å². The van der Waals surface area contributed by atoms with Crippen LogP contribution in [0.3, 0.4) is 0 Å². The van der Waals surface area contributed by atoms with Crippen molar-refractivity contribution >= 4 is 5.91 Å². The van der Waals surface area contributed by atoms with E-state index in [4.69, 9.17) is 0 Å². The largest absolute Gasteiger partial charge is 0.343 e. The zero-order chi connectivity index (χ0) is 8.43. The third kappa shape index (κ3) is 1.58. The van der Waals surface area contributed by atoms with Gasteiger partial charge in [-0.2, -0.15) is 5.10 Å². The van der Waals surface area contributed by atoms with Crippen molar-refractivity contribution in [3.8, 4) is 0 Å². The molecular formula is C7H10N3O. The molecule has 4 heteroatoms. The first kappa shape index (κ1) is 7.78. The van der Waals surface area contributed by atoms with Gasteiger partial charge in [0.2, 0.25) is 0 Å². The van der Waals surface area contributed by atoms with Crippen LogP contribution in [0, 0.1) is 6.07 Å². The molecule has 0 saturated heterocycles. The van der Waals surface area contributed by atoms with Crippen LogP contribution in [0.1, 0.15) is 10.5 Å². The number of amides is 1. The van der Waals surface area contributed by atoms with Crippen molar-refractivity contribution in [3.05, 3.63) is 18.0 Å². The lowest BCUT2D eigenvalue weighted by molar-refractivity contribution is 0.0821. The summed E-state index contributed by atoms with van der Waals surface area (Å²) < 4.78 is 1.55. The molecule has 0 aliphatic rings. The summed E-state index contributed by atoms with van der Waals surface area (Å²) in [5.74, 6) is -0.120. The van der Waals surface area contributed by atoms with E-state index in [-0.39, 0.29) is 5.91 Å². The second kappa shape index (κ2) is 2.74. The van der Waals surface area contributed by atoms with Gasteiger partial charge in [0.15, 0.2) is 5.69 Å². The maximum Gasteiger partial charge on any atom is 0.274 e. The topological polar surface area (TPSA) is 38.1 Å². The summed E-state index contributed by atoms with van der Waals surface area (Å²) in [6.07, 6.45) is 1.62. The third-order valence-electron chi connectivity index (χ3n) is 1.25. The van der Waals surface area contributed by atoms with Gasteiger partial charge >= 0.3 is 0 Å². The fraction of sp³-hybridized carbons (Fsp3) is 0.429. The minimum Gasteiger partial charge on any atom is -0.343 e. The summed E-state index contributed by atoms with van der Waals surface area (Å²) in [7, 11) is 5.12. The molecule has 0 N–H and O–H groups in total. The van der Waals surface area contributed by atoms with Crippen LogP contribution < -0.4 is 0 Å². The molecule has 0 unspecified atom stereocenters. The molecule has 1 radical (unpaired) electrons. The number of carbonyl (C=O) groups excluding carboxylic acids is 1. The number of hydrogen-bond acceptors (Lipinski definition) is 2. The highest BCUT2D eigenvalue weighted by Crippen LogP contribution is 1.95. The van der Waals surface area contributed by atoms with Crippen LogP contribution >= 0.6 is 0 Å². The van der Waals surface area contributed by atoms with Crippen LogP contribution in [0.25, 0.3) is 0 Å². The van der Waals surface area contributed by atoms with Crippen molar-refractivity contribution in [2.75, 3.05) is 14.1 Å². The Bertz CT molecular complexity index is 264. The van der Waals surface area contributed by atoms with Crippen molar-refractivity contribution in [3.63, 3.8) is 0 Å². The normalized spacial score (nSPS) is 9.73. The van der Waals surface area contributed by atoms with Gasteiger partial charge in [-0.1, -0.05) is 0 Å². The number of nitrogens with zero attached hydrogens (tertiary/aromatic N) is 3. The summed E-state index contributed by atoms with van der Waals surface area (Å²) in [5.41, 5.74) is 0.359. The SMILES string of the molecule is CN(C)C(=O)c1[c]cn(C)n1. The molecule has 1 rings (SSSR count). The van der Waals surface area contributed by atoms with Crippen LogP contribution in [0.15, 0.2) is 6.20 Å². The van der Waals surface area contributed by atoms with Crippen LogP contribution in [0.5, 0.6) is 0 Å². The van der Waals surface area contributed by atoms with E-state index >= 15 is 0 Å². The van der Waals surface area contributed by atoms with Gasteiger partial charge in [0.05, 0.1) is 0 Å². The van der Waals surface area contributed by atoms with Gasteiger partial charge in [-0.05, 0) is 0 Å². The lowest BCUT2D eigenvalue weighted by atomic mass is 10.4. The molecule has 1 aromatic heterocycles. The Morgan fingerprint density at radius 2 is 2.36 bits per heavy atom. The maximum absolute atomic E-state index is 11.2. The summed E-state index contributed by atoms with van der Waals surface area (Å²) >= 11 is 0. The van der Waals surface area contributed by atoms with Crippen LogP contribution in [0.4, 0.5) is 0 Å². The minimum absolute atomic E-state index is 0.120. The molecule has 0 spiro atoms. The Hall–Kier alpha value is -1.32. The second-order valence-electron chi connectivity index (χ2n) is 2.50. The Labute approximate surface area is 65.4 Å². The molecule has 0 fully saturated rings. The van der Waals surface area contributed by atoms with Crippen LogP contribution in [-0.4, -0.2) is 34.7 Å². The molecule has 0 bridgehead atoms. The van der Waals surface area contributed by atoms with E-state index in [9.17, 15) is 4.79 Å². The monoisotopic (exact) mass is 152 g/mol. The molecular weight excluding hydrogens is 142 g/mol. The summed E-state index contributed by atoms with van der Waals surface area (Å²) in [6.45, 7) is 0. The number of rotatable bonds is 1. The lowest BCUT2D eigenvalue weighted by Gasteiger charge is -2.06. The van der Waals surface area contributed by atoms with Crippen LogP contribution in [0.2, 0.25) is 0 Å². The molecule has 0 aliphatic carbocycles. The molecule has 1 amide bonds. The van der Waals surface area contributed by atoms with E-state index in [1.54, 1.807) is 32.0 Å². The van der Waals surface area contributed by atoms with E-state index in [1.807, 2.05) is 0 Å². The molecule has 11 heavy (non-hydrogen) atoms. The van der Waals surface area contributed by atoms with Gasteiger partial charge in [-0.3, -0.25) is 9.48 Å². The molecule has 0 aliphatic heterocycles. The number of hydrogen-bond donors (Lipinski definition) is 0. The molecule has 59 valence electrons. The summed E-state index contributed by atoms with van der Waals surface area (Å²) in [6, 6.07) is 2.75. The van der Waals surface area contributed by atoms with Crippen molar-refractivity contribution in [2.45, 2.75) is 0 Å². The molecule has 1 aromatic rings. The average Bonchev–Trinajstić information content (AvgIpc) is 2.34. The molecule has 4 nitrogen and oxygen atoms in total. The van der Waals surface area contributed by atoms with Gasteiger partial charge in [0.1, 0.15) is 0 Å². The first-order valence-corrected chi connectivity index (χ1v) is 3.24. The maximum atomic E-state index is 11.2. The molecule has 0 atom stereocenters. The Morgan fingerprint density at radius 1 is 1.73 bits per heavy atom. The van der Waals surface area contributed by atoms with Gasteiger partial charge in [-0.15, -0.1) is 0 Å². The summed E-state index contributed by atoms with van der Waals surface area (Å²) in [4.78, 5) is 12.6. The standard InChI is InChI=1S/C7H10N3O/c1-9(2)7(11)6-4-5-10(3)8-6/h5H,1-3H3. The molecule has 1 heterocycles. The molecule has 0 aromatic carbocycles. The zero-order valence-electron chi connectivity index (χ0n) is 6.83. The van der Waals surface area contributed by atoms with E-state index in [1.165, 1.54) is 4.90 Å². The predicted octanol–water partition coefficient (Wildman–Crippen LogP) is -0.0779. The number of aryl methyl sites for hydroxylation is 1. The Balaban J connectivity index is 2.85. The Morgan fingerprint density at radius 3 is 2.73 bits per heavy atom. The lowest BCUT2D eigenvalue weighted by Crippen LogP contribution is -2.22. The minimum atomic E-state index is -0.120. The predicted molar refractivity (Wildman–Crippen MR) is 40.1 cm³/mol. The van der Waals surface area contributed by atoms with Crippen molar-refractivity contribution in [1.29, 1.82) is 0 Å². The summed E-state index contributed by atoms with van der Waals surface area (Å²) in [5, 5.41) is 3.90. The van der Waals surface area contributed by atoms with Gasteiger partial charge in [-0.25, -0.2) is 0 Å². The van der Waals surface area contributed by atoms with Crippen molar-refractivity contribution in [2.24, 2.45) is 7.05 Å². The van der Waals surface area contributed by atoms with Gasteiger partial charge < -0.3 is 4.90 Å². The Kier molecular flexibility index (Phi) is 1.94. The van der Waals surface area contributed by atoms with Crippen molar-refractivity contribution < 1.29 is 4.79 Å². The average molecular weight is 152 g/mol. The third-order valence-corrected chi connectivity index (χ3v) is 1.25. The quantitative estimate of drug-likeness (QED) is 0.564. The smallest absolute Gasteiger partial charge is 0.274 e. The highest BCUT2D eigenvalue weighted by atomic mass is 16.2. The first-order valence-electron chi connectivity index (χ1n) is 3.24. The van der Waals surface area contributed by atoms with E-state index in [0.29, 0.717) is 5.69 Å². The first-order chi connectivity index (χ1) is 5.11. The van der Waals surface area contributed by atoms with Crippen LogP contribution in [-0.2, 0) is 7.05 Å². The number of aromatic nitrogens is 2. The highest BCUT2D eigenvalue weighted by molar-refractivity contribution is 5.91. The fourth-order valence-corrected chi connectivity index (χ4v) is 0.686.